The lowest BCUT2D eigenvalue weighted by Gasteiger charge is -2.45. The molecule has 3 aliphatic heterocycles. The number of amides is 2. The first-order valence-electron chi connectivity index (χ1n) is 16.0. The fourth-order valence-corrected chi connectivity index (χ4v) is 10.1. The molecule has 240 valence electrons. The lowest BCUT2D eigenvalue weighted by molar-refractivity contribution is -0.127. The molecule has 6 atom stereocenters. The third-order valence-electron chi connectivity index (χ3n) is 10.9. The second-order valence-electron chi connectivity index (χ2n) is 13.6. The summed E-state index contributed by atoms with van der Waals surface area (Å²) in [5.74, 6) is -0.346. The van der Waals surface area contributed by atoms with E-state index in [9.17, 15) is 23.1 Å². The van der Waals surface area contributed by atoms with Gasteiger partial charge in [0.25, 0.3) is 5.91 Å². The Morgan fingerprint density at radius 1 is 1.11 bits per heavy atom. The van der Waals surface area contributed by atoms with E-state index in [0.717, 1.165) is 42.8 Å². The molecule has 2 aliphatic carbocycles. The number of rotatable bonds is 0. The SMILES string of the molecule is CC(=O)N1C[C@H]2C/C=C\[C@H](O)[C@@H]3CC[C@H]3CN3C[C@@]4(CCCc5cc(Cl)ccc54)COc4ccc(cc43)C(=O)NS(=O)(=O)[C@@H]2C1. The lowest BCUT2D eigenvalue weighted by Crippen LogP contribution is -2.49. The van der Waals surface area contributed by atoms with Crippen LogP contribution in [0, 0.1) is 17.8 Å². The van der Waals surface area contributed by atoms with E-state index in [1.165, 1.54) is 23.0 Å². The number of fused-ring (bicyclic) bond motifs is 5. The third kappa shape index (κ3) is 5.63. The molecular formula is C34H40ClN3O6S. The number of aryl methyl sites for hydroxylation is 1. The van der Waals surface area contributed by atoms with E-state index >= 15 is 0 Å². The van der Waals surface area contributed by atoms with Crippen molar-refractivity contribution < 1.29 is 27.9 Å². The second-order valence-corrected chi connectivity index (χ2v) is 16.0. The highest BCUT2D eigenvalue weighted by Gasteiger charge is 2.45. The van der Waals surface area contributed by atoms with Crippen LogP contribution in [0.2, 0.25) is 5.02 Å². The summed E-state index contributed by atoms with van der Waals surface area (Å²) in [6, 6.07) is 11.3. The van der Waals surface area contributed by atoms with Gasteiger partial charge in [-0.2, -0.15) is 0 Å². The lowest BCUT2D eigenvalue weighted by atomic mass is 9.68. The highest BCUT2D eigenvalue weighted by Crippen LogP contribution is 2.47. The first-order chi connectivity index (χ1) is 21.5. The fraction of sp³-hybridized carbons (Fsp3) is 0.529. The Bertz CT molecular complexity index is 1660. The summed E-state index contributed by atoms with van der Waals surface area (Å²) in [7, 11) is -4.12. The molecule has 0 aromatic heterocycles. The molecule has 3 heterocycles. The monoisotopic (exact) mass is 653 g/mol. The van der Waals surface area contributed by atoms with E-state index in [1.807, 2.05) is 12.1 Å². The van der Waals surface area contributed by atoms with Gasteiger partial charge in [0.1, 0.15) is 11.0 Å². The summed E-state index contributed by atoms with van der Waals surface area (Å²) >= 11 is 6.39. The van der Waals surface area contributed by atoms with E-state index in [1.54, 1.807) is 24.3 Å². The van der Waals surface area contributed by atoms with E-state index < -0.39 is 33.2 Å². The van der Waals surface area contributed by atoms with E-state index in [-0.39, 0.29) is 41.8 Å². The zero-order valence-electron chi connectivity index (χ0n) is 25.5. The number of carbonyl (C=O) groups is 2. The van der Waals surface area contributed by atoms with Gasteiger partial charge in [0.2, 0.25) is 15.9 Å². The summed E-state index contributed by atoms with van der Waals surface area (Å²) in [6.45, 7) is 3.54. The Hall–Kier alpha value is -3.08. The number of benzene rings is 2. The van der Waals surface area contributed by atoms with Gasteiger partial charge in [-0.15, -0.1) is 0 Å². The van der Waals surface area contributed by atoms with Crippen LogP contribution in [0.5, 0.6) is 5.75 Å². The number of hydrogen-bond donors (Lipinski definition) is 2. The summed E-state index contributed by atoms with van der Waals surface area (Å²) in [4.78, 5) is 29.6. The average molecular weight is 654 g/mol. The van der Waals surface area contributed by atoms with Crippen molar-refractivity contribution in [3.05, 3.63) is 70.3 Å². The number of nitrogens with one attached hydrogen (secondary N) is 1. The van der Waals surface area contributed by atoms with Crippen LogP contribution < -0.4 is 14.4 Å². The Morgan fingerprint density at radius 3 is 2.73 bits per heavy atom. The average Bonchev–Trinajstić information content (AvgIpc) is 3.36. The molecule has 2 aromatic carbocycles. The van der Waals surface area contributed by atoms with Crippen LogP contribution in [-0.4, -0.2) is 74.4 Å². The Morgan fingerprint density at radius 2 is 1.96 bits per heavy atom. The molecular weight excluding hydrogens is 614 g/mol. The van der Waals surface area contributed by atoms with Crippen molar-refractivity contribution >= 4 is 39.1 Å². The second kappa shape index (κ2) is 11.6. The van der Waals surface area contributed by atoms with Gasteiger partial charge in [0.15, 0.2) is 0 Å². The molecule has 0 radical (unpaired) electrons. The van der Waals surface area contributed by atoms with Gasteiger partial charge in [-0.1, -0.05) is 29.8 Å². The number of anilines is 1. The van der Waals surface area contributed by atoms with Crippen LogP contribution in [0.25, 0.3) is 0 Å². The van der Waals surface area contributed by atoms with Gasteiger partial charge in [0, 0.05) is 55.0 Å². The van der Waals surface area contributed by atoms with Crippen molar-refractivity contribution in [3.63, 3.8) is 0 Å². The van der Waals surface area contributed by atoms with Crippen molar-refractivity contribution in [1.82, 2.24) is 9.62 Å². The van der Waals surface area contributed by atoms with Gasteiger partial charge in [-0.25, -0.2) is 13.1 Å². The molecule has 9 nitrogen and oxygen atoms in total. The maximum absolute atomic E-state index is 13.6. The quantitative estimate of drug-likeness (QED) is 0.412. The smallest absolute Gasteiger partial charge is 0.264 e. The van der Waals surface area contributed by atoms with E-state index in [0.29, 0.717) is 31.9 Å². The highest BCUT2D eigenvalue weighted by atomic mass is 35.5. The zero-order valence-corrected chi connectivity index (χ0v) is 27.0. The number of likely N-dealkylation sites (tertiary alicyclic amines) is 1. The molecule has 0 unspecified atom stereocenters. The van der Waals surface area contributed by atoms with E-state index in [2.05, 4.69) is 21.8 Å². The zero-order chi connectivity index (χ0) is 31.5. The van der Waals surface area contributed by atoms with Crippen molar-refractivity contribution in [2.75, 3.05) is 37.7 Å². The molecule has 2 aromatic rings. The Labute approximate surface area is 269 Å². The number of halogens is 1. The minimum atomic E-state index is -4.12. The summed E-state index contributed by atoms with van der Waals surface area (Å²) in [5, 5.41) is 11.0. The number of ether oxygens (including phenoxy) is 1. The standard InChI is InChI=1S/C34H40ClN3O6S/c1-21(39)37-17-25-4-2-6-30(40)27-10-7-24(27)16-38-19-34(13-3-5-22-14-26(35)9-11-28(22)34)20-44-31-12-8-23(15-29(31)38)33(41)36-45(42,43)32(25)18-37/h2,6,8-9,11-12,14-15,24-25,27,30,32,40H,3-5,7,10,13,16-20H2,1H3,(H,36,41)/b6-2-/t24-,25+,27+,30-,32+,34-/m0/s1. The summed E-state index contributed by atoms with van der Waals surface area (Å²) < 4.78 is 36.1. The maximum Gasteiger partial charge on any atom is 0.264 e. The van der Waals surface area contributed by atoms with Crippen molar-refractivity contribution in [2.45, 2.75) is 62.2 Å². The molecule has 11 heteroatoms. The summed E-state index contributed by atoms with van der Waals surface area (Å²) in [6.07, 6.45) is 8.16. The van der Waals surface area contributed by atoms with Crippen molar-refractivity contribution in [2.24, 2.45) is 17.8 Å². The van der Waals surface area contributed by atoms with Crippen LogP contribution >= 0.6 is 11.6 Å². The third-order valence-corrected chi connectivity index (χ3v) is 12.9. The van der Waals surface area contributed by atoms with Crippen LogP contribution in [0.15, 0.2) is 48.6 Å². The highest BCUT2D eigenvalue weighted by molar-refractivity contribution is 7.90. The predicted molar refractivity (Wildman–Crippen MR) is 172 cm³/mol. The Kier molecular flexibility index (Phi) is 7.89. The number of aliphatic hydroxyl groups excluding tert-OH is 1. The first kappa shape index (κ1) is 30.6. The van der Waals surface area contributed by atoms with Gasteiger partial charge in [-0.3, -0.25) is 9.59 Å². The van der Waals surface area contributed by atoms with Crippen LogP contribution in [0.1, 0.15) is 60.5 Å². The molecule has 45 heavy (non-hydrogen) atoms. The molecule has 1 saturated carbocycles. The van der Waals surface area contributed by atoms with Crippen LogP contribution in [-0.2, 0) is 26.7 Å². The maximum atomic E-state index is 13.6. The number of sulfonamides is 1. The predicted octanol–water partition coefficient (Wildman–Crippen LogP) is 4.07. The minimum absolute atomic E-state index is 0.0181. The van der Waals surface area contributed by atoms with Gasteiger partial charge in [-0.05, 0) is 91.8 Å². The van der Waals surface area contributed by atoms with Crippen molar-refractivity contribution in [3.8, 4) is 5.75 Å². The molecule has 2 amide bonds. The number of hydrogen-bond acceptors (Lipinski definition) is 7. The molecule has 7 rings (SSSR count). The topological polar surface area (TPSA) is 116 Å². The van der Waals surface area contributed by atoms with Gasteiger partial charge >= 0.3 is 0 Å². The molecule has 1 spiro atoms. The van der Waals surface area contributed by atoms with Crippen molar-refractivity contribution in [1.29, 1.82) is 0 Å². The normalized spacial score (nSPS) is 33.0. The molecule has 1 saturated heterocycles. The number of allylic oxidation sites excluding steroid dienone is 1. The minimum Gasteiger partial charge on any atom is -0.490 e. The molecule has 2 N–H and O–H groups in total. The Balaban J connectivity index is 1.28. The summed E-state index contributed by atoms with van der Waals surface area (Å²) in [5.41, 5.74) is 3.16. The molecule has 2 bridgehead atoms. The number of nitrogens with zero attached hydrogens (tertiary/aromatic N) is 2. The first-order valence-corrected chi connectivity index (χ1v) is 17.9. The van der Waals surface area contributed by atoms with Gasteiger partial charge < -0.3 is 19.6 Å². The number of carbonyl (C=O) groups excluding carboxylic acids is 2. The molecule has 5 aliphatic rings. The number of aliphatic hydroxyl groups is 1. The van der Waals surface area contributed by atoms with Crippen LogP contribution in [0.4, 0.5) is 5.69 Å². The van der Waals surface area contributed by atoms with E-state index in [4.69, 9.17) is 16.3 Å². The van der Waals surface area contributed by atoms with Crippen LogP contribution in [0.3, 0.4) is 0 Å². The molecule has 2 fully saturated rings. The fourth-order valence-electron chi connectivity index (χ4n) is 8.29. The van der Waals surface area contributed by atoms with Gasteiger partial charge in [0.05, 0.1) is 18.4 Å². The largest absolute Gasteiger partial charge is 0.490 e.